The van der Waals surface area contributed by atoms with E-state index in [4.69, 9.17) is 10.5 Å². The molecule has 0 bridgehead atoms. The van der Waals surface area contributed by atoms with Crippen molar-refractivity contribution in [2.45, 2.75) is 20.3 Å². The molecular weight excluding hydrogens is 186 g/mol. The first-order valence-corrected chi connectivity index (χ1v) is 5.21. The first-order valence-electron chi connectivity index (χ1n) is 5.21. The summed E-state index contributed by atoms with van der Waals surface area (Å²) in [6.45, 7) is 9.05. The predicted octanol–water partition coefficient (Wildman–Crippen LogP) is 2.45. The van der Waals surface area contributed by atoms with Crippen molar-refractivity contribution < 1.29 is 4.74 Å². The zero-order valence-electron chi connectivity index (χ0n) is 9.55. The summed E-state index contributed by atoms with van der Waals surface area (Å²) < 4.78 is 5.73. The van der Waals surface area contributed by atoms with Crippen molar-refractivity contribution in [3.05, 3.63) is 41.5 Å². The van der Waals surface area contributed by atoms with Gasteiger partial charge in [0.2, 0.25) is 0 Å². The lowest BCUT2D eigenvalue weighted by molar-refractivity contribution is 0.346. The van der Waals surface area contributed by atoms with Crippen molar-refractivity contribution in [1.29, 1.82) is 0 Å². The molecule has 0 fully saturated rings. The standard InChI is InChI=1S/C13H19NO/c1-10(2)9-15-13-11(3)5-4-6-12(13)7-8-14/h4-6H,1,7-9,14H2,2-3H3. The molecule has 0 atom stereocenters. The molecule has 0 radical (unpaired) electrons. The highest BCUT2D eigenvalue weighted by atomic mass is 16.5. The molecule has 0 amide bonds. The minimum absolute atomic E-state index is 0.572. The van der Waals surface area contributed by atoms with Gasteiger partial charge in [-0.1, -0.05) is 24.8 Å². The number of nitrogens with two attached hydrogens (primary N) is 1. The van der Waals surface area contributed by atoms with Gasteiger partial charge in [-0.05, 0) is 43.5 Å². The van der Waals surface area contributed by atoms with Crippen molar-refractivity contribution in [3.8, 4) is 5.75 Å². The largest absolute Gasteiger partial charge is 0.489 e. The van der Waals surface area contributed by atoms with Crippen molar-refractivity contribution >= 4 is 0 Å². The minimum Gasteiger partial charge on any atom is -0.489 e. The van der Waals surface area contributed by atoms with E-state index >= 15 is 0 Å². The second-order valence-electron chi connectivity index (χ2n) is 3.85. The summed E-state index contributed by atoms with van der Waals surface area (Å²) in [6.07, 6.45) is 0.854. The van der Waals surface area contributed by atoms with E-state index in [9.17, 15) is 0 Å². The van der Waals surface area contributed by atoms with Crippen LogP contribution in [0.3, 0.4) is 0 Å². The Kier molecular flexibility index (Phi) is 4.37. The SMILES string of the molecule is C=C(C)COc1c(C)cccc1CCN. The monoisotopic (exact) mass is 205 g/mol. The summed E-state index contributed by atoms with van der Waals surface area (Å²) in [5, 5.41) is 0. The van der Waals surface area contributed by atoms with Crippen LogP contribution in [-0.2, 0) is 6.42 Å². The van der Waals surface area contributed by atoms with Crippen LogP contribution in [0.1, 0.15) is 18.1 Å². The molecule has 1 rings (SSSR count). The summed E-state index contributed by atoms with van der Waals surface area (Å²) in [6, 6.07) is 6.15. The third-order valence-electron chi connectivity index (χ3n) is 2.17. The minimum atomic E-state index is 0.572. The molecule has 0 spiro atoms. The fraction of sp³-hybridized carbons (Fsp3) is 0.385. The molecule has 0 saturated carbocycles. The number of benzene rings is 1. The van der Waals surface area contributed by atoms with E-state index in [2.05, 4.69) is 12.6 Å². The highest BCUT2D eigenvalue weighted by Gasteiger charge is 2.05. The molecule has 1 aromatic rings. The summed E-state index contributed by atoms with van der Waals surface area (Å²) in [5.41, 5.74) is 8.92. The van der Waals surface area contributed by atoms with E-state index in [0.717, 1.165) is 23.3 Å². The molecule has 2 N–H and O–H groups in total. The normalized spacial score (nSPS) is 10.1. The molecule has 1 aromatic carbocycles. The van der Waals surface area contributed by atoms with Crippen LogP contribution in [0.2, 0.25) is 0 Å². The van der Waals surface area contributed by atoms with Crippen LogP contribution in [0, 0.1) is 6.92 Å². The number of ether oxygens (including phenoxy) is 1. The van der Waals surface area contributed by atoms with Gasteiger partial charge in [-0.25, -0.2) is 0 Å². The Balaban J connectivity index is 2.86. The quantitative estimate of drug-likeness (QED) is 0.749. The maximum absolute atomic E-state index is 5.73. The summed E-state index contributed by atoms with van der Waals surface area (Å²) in [4.78, 5) is 0. The zero-order valence-corrected chi connectivity index (χ0v) is 9.55. The molecule has 0 unspecified atom stereocenters. The third kappa shape index (κ3) is 3.40. The number of para-hydroxylation sites is 1. The van der Waals surface area contributed by atoms with Gasteiger partial charge in [0.1, 0.15) is 12.4 Å². The second kappa shape index (κ2) is 5.56. The lowest BCUT2D eigenvalue weighted by Crippen LogP contribution is -2.07. The molecular formula is C13H19NO. The first kappa shape index (κ1) is 11.8. The maximum Gasteiger partial charge on any atom is 0.125 e. The zero-order chi connectivity index (χ0) is 11.3. The van der Waals surface area contributed by atoms with Gasteiger partial charge in [0, 0.05) is 0 Å². The molecule has 0 aliphatic heterocycles. The molecule has 82 valence electrons. The van der Waals surface area contributed by atoms with Crippen LogP contribution >= 0.6 is 0 Å². The van der Waals surface area contributed by atoms with Gasteiger partial charge in [0.25, 0.3) is 0 Å². The predicted molar refractivity (Wildman–Crippen MR) is 64.2 cm³/mol. The third-order valence-corrected chi connectivity index (χ3v) is 2.17. The van der Waals surface area contributed by atoms with Gasteiger partial charge in [-0.3, -0.25) is 0 Å². The molecule has 0 aliphatic carbocycles. The van der Waals surface area contributed by atoms with Crippen LogP contribution < -0.4 is 10.5 Å². The van der Waals surface area contributed by atoms with Gasteiger partial charge < -0.3 is 10.5 Å². The Morgan fingerprint density at radius 2 is 2.20 bits per heavy atom. The first-order chi connectivity index (χ1) is 7.15. The molecule has 2 nitrogen and oxygen atoms in total. The summed E-state index contributed by atoms with van der Waals surface area (Å²) >= 11 is 0. The van der Waals surface area contributed by atoms with Gasteiger partial charge in [0.15, 0.2) is 0 Å². The van der Waals surface area contributed by atoms with E-state index < -0.39 is 0 Å². The van der Waals surface area contributed by atoms with Crippen molar-refractivity contribution in [2.75, 3.05) is 13.2 Å². The average Bonchev–Trinajstić information content (AvgIpc) is 2.17. The van der Waals surface area contributed by atoms with Crippen molar-refractivity contribution in [1.82, 2.24) is 0 Å². The molecule has 15 heavy (non-hydrogen) atoms. The summed E-state index contributed by atoms with van der Waals surface area (Å²) in [7, 11) is 0. The Morgan fingerprint density at radius 1 is 1.47 bits per heavy atom. The average molecular weight is 205 g/mol. The maximum atomic E-state index is 5.73. The molecule has 2 heteroatoms. The molecule has 0 aromatic heterocycles. The number of hydrogen-bond acceptors (Lipinski definition) is 2. The van der Waals surface area contributed by atoms with Gasteiger partial charge in [-0.15, -0.1) is 0 Å². The highest BCUT2D eigenvalue weighted by molar-refractivity contribution is 5.41. The molecule has 0 aliphatic rings. The fourth-order valence-electron chi connectivity index (χ4n) is 1.47. The van der Waals surface area contributed by atoms with E-state index in [1.54, 1.807) is 0 Å². The smallest absolute Gasteiger partial charge is 0.125 e. The molecule has 0 saturated heterocycles. The topological polar surface area (TPSA) is 35.2 Å². The lowest BCUT2D eigenvalue weighted by Gasteiger charge is -2.13. The van der Waals surface area contributed by atoms with Gasteiger partial charge >= 0.3 is 0 Å². The van der Waals surface area contributed by atoms with E-state index in [1.807, 2.05) is 26.0 Å². The fourth-order valence-corrected chi connectivity index (χ4v) is 1.47. The Bertz CT molecular complexity index is 344. The highest BCUT2D eigenvalue weighted by Crippen LogP contribution is 2.24. The number of rotatable bonds is 5. The van der Waals surface area contributed by atoms with Gasteiger partial charge in [-0.2, -0.15) is 0 Å². The van der Waals surface area contributed by atoms with Crippen molar-refractivity contribution in [2.24, 2.45) is 5.73 Å². The van der Waals surface area contributed by atoms with E-state index in [1.165, 1.54) is 5.56 Å². The Hall–Kier alpha value is -1.28. The number of aryl methyl sites for hydroxylation is 1. The molecule has 0 heterocycles. The van der Waals surface area contributed by atoms with Crippen LogP contribution in [0.5, 0.6) is 5.75 Å². The van der Waals surface area contributed by atoms with Crippen LogP contribution in [-0.4, -0.2) is 13.2 Å². The Labute approximate surface area is 91.7 Å². The number of hydrogen-bond donors (Lipinski definition) is 1. The second-order valence-corrected chi connectivity index (χ2v) is 3.85. The van der Waals surface area contributed by atoms with Crippen LogP contribution in [0.15, 0.2) is 30.4 Å². The lowest BCUT2D eigenvalue weighted by atomic mass is 10.1. The van der Waals surface area contributed by atoms with E-state index in [0.29, 0.717) is 13.2 Å². The van der Waals surface area contributed by atoms with Crippen LogP contribution in [0.25, 0.3) is 0 Å². The Morgan fingerprint density at radius 3 is 2.80 bits per heavy atom. The van der Waals surface area contributed by atoms with Crippen LogP contribution in [0.4, 0.5) is 0 Å². The van der Waals surface area contributed by atoms with Crippen molar-refractivity contribution in [3.63, 3.8) is 0 Å². The summed E-state index contributed by atoms with van der Waals surface area (Å²) in [5.74, 6) is 0.964. The van der Waals surface area contributed by atoms with Gasteiger partial charge in [0.05, 0.1) is 0 Å². The van der Waals surface area contributed by atoms with E-state index in [-0.39, 0.29) is 0 Å².